The summed E-state index contributed by atoms with van der Waals surface area (Å²) in [6.07, 6.45) is 0.760. The summed E-state index contributed by atoms with van der Waals surface area (Å²) >= 11 is 0. The molecule has 9 heteroatoms. The number of ether oxygens (including phenoxy) is 2. The maximum atomic E-state index is 12.1. The van der Waals surface area contributed by atoms with Crippen LogP contribution in [0.3, 0.4) is 0 Å². The van der Waals surface area contributed by atoms with Gasteiger partial charge in [0.1, 0.15) is 5.56 Å². The Balaban J connectivity index is 0.00000208. The molecule has 0 saturated carbocycles. The predicted molar refractivity (Wildman–Crippen MR) is 89.4 cm³/mol. The van der Waals surface area contributed by atoms with Crippen LogP contribution in [-0.4, -0.2) is 70.0 Å². The predicted octanol–water partition coefficient (Wildman–Crippen LogP) is 1.13. The van der Waals surface area contributed by atoms with E-state index >= 15 is 0 Å². The monoisotopic (exact) mass is 340 g/mol. The average molecular weight is 340 g/mol. The Kier molecular flexibility index (Phi) is 6.92. The minimum atomic E-state index is -0.526. The van der Waals surface area contributed by atoms with Gasteiger partial charge in [-0.25, -0.2) is 9.89 Å². The first-order valence-corrected chi connectivity index (χ1v) is 7.31. The summed E-state index contributed by atoms with van der Waals surface area (Å²) in [6, 6.07) is 7.11. The van der Waals surface area contributed by atoms with Crippen LogP contribution < -0.4 is 10.4 Å². The number of aromatic nitrogens is 4. The number of hydrogen-bond acceptors (Lipinski definition) is 7. The third-order valence-corrected chi connectivity index (χ3v) is 3.22. The molecular weight excluding hydrogens is 323 g/mol. The van der Waals surface area contributed by atoms with Gasteiger partial charge in [0.05, 0.1) is 6.61 Å². The molecule has 0 unspecified atom stereocenters. The summed E-state index contributed by atoms with van der Waals surface area (Å²) in [5.74, 6) is 0.794. The Labute approximate surface area is 159 Å². The van der Waals surface area contributed by atoms with Gasteiger partial charge in [0.15, 0.2) is 17.2 Å². The normalized spacial score (nSPS) is 10.5. The van der Waals surface area contributed by atoms with E-state index in [9.17, 15) is 4.79 Å². The molecule has 1 aromatic carbocycles. The third kappa shape index (κ3) is 4.21. The van der Waals surface area contributed by atoms with E-state index in [4.69, 9.17) is 13.9 Å². The molecule has 3 rings (SSSR count). The second-order valence-electron chi connectivity index (χ2n) is 4.77. The molecule has 0 aliphatic heterocycles. The van der Waals surface area contributed by atoms with Gasteiger partial charge < -0.3 is 13.9 Å². The van der Waals surface area contributed by atoms with Gasteiger partial charge in [0.2, 0.25) is 0 Å². The van der Waals surface area contributed by atoms with E-state index in [0.717, 1.165) is 11.8 Å². The number of tetrazole rings is 1. The van der Waals surface area contributed by atoms with Crippen molar-refractivity contribution in [3.8, 4) is 17.1 Å². The Morgan fingerprint density at radius 3 is 2.92 bits per heavy atom. The van der Waals surface area contributed by atoms with E-state index in [1.807, 2.05) is 19.1 Å². The van der Waals surface area contributed by atoms with Gasteiger partial charge in [-0.3, -0.25) is 0 Å². The van der Waals surface area contributed by atoms with Gasteiger partial charge in [-0.2, -0.15) is 0 Å². The SMILES string of the molecule is CCOCCCOc1cccc2cc(-c3nnn[nH]3)c(=O)oc12.[NaH]. The zero-order valence-electron chi connectivity index (χ0n) is 12.6. The molecule has 2 aromatic heterocycles. The van der Waals surface area contributed by atoms with Crippen LogP contribution in [-0.2, 0) is 4.74 Å². The van der Waals surface area contributed by atoms with Crippen molar-refractivity contribution in [1.29, 1.82) is 0 Å². The quantitative estimate of drug-likeness (QED) is 0.391. The minimum absolute atomic E-state index is 0. The molecule has 0 aliphatic rings. The van der Waals surface area contributed by atoms with Crippen molar-refractivity contribution in [2.75, 3.05) is 19.8 Å². The Bertz CT molecular complexity index is 835. The van der Waals surface area contributed by atoms with Gasteiger partial charge in [0, 0.05) is 25.0 Å². The number of benzene rings is 1. The number of para-hydroxylation sites is 1. The van der Waals surface area contributed by atoms with E-state index < -0.39 is 5.63 Å². The Morgan fingerprint density at radius 2 is 2.17 bits per heavy atom. The number of H-pyrrole nitrogens is 1. The number of rotatable bonds is 7. The van der Waals surface area contributed by atoms with Crippen molar-refractivity contribution in [3.63, 3.8) is 0 Å². The molecule has 0 radical (unpaired) electrons. The molecule has 0 bridgehead atoms. The van der Waals surface area contributed by atoms with Crippen molar-refractivity contribution < 1.29 is 13.9 Å². The first-order chi connectivity index (χ1) is 11.3. The van der Waals surface area contributed by atoms with Crippen molar-refractivity contribution in [1.82, 2.24) is 20.6 Å². The van der Waals surface area contributed by atoms with Gasteiger partial charge >= 0.3 is 35.2 Å². The summed E-state index contributed by atoms with van der Waals surface area (Å²) in [7, 11) is 0. The number of nitrogens with one attached hydrogen (secondary N) is 1. The van der Waals surface area contributed by atoms with Gasteiger partial charge in [-0.05, 0) is 29.5 Å². The van der Waals surface area contributed by atoms with Gasteiger partial charge in [-0.1, -0.05) is 12.1 Å². The Hall–Kier alpha value is -1.74. The molecule has 0 atom stereocenters. The van der Waals surface area contributed by atoms with E-state index in [1.54, 1.807) is 12.1 Å². The van der Waals surface area contributed by atoms with Crippen LogP contribution in [0.15, 0.2) is 33.5 Å². The fraction of sp³-hybridized carbons (Fsp3) is 0.333. The van der Waals surface area contributed by atoms with Crippen LogP contribution in [0.5, 0.6) is 5.75 Å². The molecule has 1 N–H and O–H groups in total. The van der Waals surface area contributed by atoms with Crippen molar-refractivity contribution >= 4 is 40.5 Å². The number of nitrogens with zero attached hydrogens (tertiary/aromatic N) is 3. The van der Waals surface area contributed by atoms with Crippen LogP contribution in [0.2, 0.25) is 0 Å². The van der Waals surface area contributed by atoms with Crippen molar-refractivity contribution in [3.05, 3.63) is 34.7 Å². The zero-order valence-corrected chi connectivity index (χ0v) is 12.6. The molecule has 0 spiro atoms. The fourth-order valence-electron chi connectivity index (χ4n) is 2.16. The number of fused-ring (bicyclic) bond motifs is 1. The third-order valence-electron chi connectivity index (χ3n) is 3.22. The molecule has 8 nitrogen and oxygen atoms in total. The molecule has 3 aromatic rings. The molecule has 0 amide bonds. The van der Waals surface area contributed by atoms with E-state index in [0.29, 0.717) is 31.2 Å². The first kappa shape index (κ1) is 18.6. The second kappa shape index (κ2) is 8.93. The van der Waals surface area contributed by atoms with Crippen LogP contribution in [0, 0.1) is 0 Å². The molecule has 122 valence electrons. The molecule has 2 heterocycles. The zero-order chi connectivity index (χ0) is 16.1. The molecule has 0 fully saturated rings. The van der Waals surface area contributed by atoms with Crippen LogP contribution in [0.1, 0.15) is 13.3 Å². The van der Waals surface area contributed by atoms with Crippen LogP contribution in [0.4, 0.5) is 0 Å². The molecule has 24 heavy (non-hydrogen) atoms. The van der Waals surface area contributed by atoms with E-state index in [1.165, 1.54) is 0 Å². The second-order valence-corrected chi connectivity index (χ2v) is 4.77. The van der Waals surface area contributed by atoms with Gasteiger partial charge in [-0.15, -0.1) is 5.10 Å². The average Bonchev–Trinajstić information content (AvgIpc) is 3.08. The molecular formula is C15H17N4NaO4. The van der Waals surface area contributed by atoms with Gasteiger partial charge in [0.25, 0.3) is 0 Å². The number of hydrogen-bond donors (Lipinski definition) is 1. The summed E-state index contributed by atoms with van der Waals surface area (Å²) in [4.78, 5) is 12.1. The summed E-state index contributed by atoms with van der Waals surface area (Å²) < 4.78 is 16.3. The molecule has 0 saturated heterocycles. The summed E-state index contributed by atoms with van der Waals surface area (Å²) in [5, 5.41) is 13.9. The van der Waals surface area contributed by atoms with E-state index in [2.05, 4.69) is 20.6 Å². The molecule has 0 aliphatic carbocycles. The fourth-order valence-corrected chi connectivity index (χ4v) is 2.16. The Morgan fingerprint density at radius 1 is 1.29 bits per heavy atom. The maximum absolute atomic E-state index is 12.1. The van der Waals surface area contributed by atoms with Crippen LogP contribution in [0.25, 0.3) is 22.4 Å². The standard InChI is InChI=1S/C15H16N4O4.Na.H/c1-2-21-7-4-8-22-12-6-3-5-10-9-11(14-16-18-19-17-14)15(20)23-13(10)12;;/h3,5-6,9H,2,4,7-8H2,1H3,(H,16,17,18,19);;. The summed E-state index contributed by atoms with van der Waals surface area (Å²) in [5.41, 5.74) is 0.155. The topological polar surface area (TPSA) is 103 Å². The van der Waals surface area contributed by atoms with Crippen LogP contribution >= 0.6 is 0 Å². The number of aromatic amines is 1. The van der Waals surface area contributed by atoms with Crippen molar-refractivity contribution in [2.45, 2.75) is 13.3 Å². The van der Waals surface area contributed by atoms with Crippen molar-refractivity contribution in [2.24, 2.45) is 0 Å². The first-order valence-electron chi connectivity index (χ1n) is 7.31. The summed E-state index contributed by atoms with van der Waals surface area (Å²) in [6.45, 7) is 3.74. The van der Waals surface area contributed by atoms with E-state index in [-0.39, 0.29) is 40.9 Å².